The minimum atomic E-state index is -4.91. The summed E-state index contributed by atoms with van der Waals surface area (Å²) in [6, 6.07) is 7.55. The van der Waals surface area contributed by atoms with Gasteiger partial charge in [-0.2, -0.15) is 9.36 Å². The molecule has 152 valence electrons. The van der Waals surface area contributed by atoms with Crippen molar-refractivity contribution in [2.75, 3.05) is 0 Å². The van der Waals surface area contributed by atoms with Gasteiger partial charge in [0, 0.05) is 11.6 Å². The fourth-order valence-electron chi connectivity index (χ4n) is 2.56. The molecule has 1 aromatic heterocycles. The van der Waals surface area contributed by atoms with Gasteiger partial charge in [0.15, 0.2) is 0 Å². The Morgan fingerprint density at radius 3 is 2.52 bits per heavy atom. The van der Waals surface area contributed by atoms with Crippen LogP contribution < -0.4 is 10.4 Å². The van der Waals surface area contributed by atoms with Gasteiger partial charge in [-0.1, -0.05) is 17.7 Å². The van der Waals surface area contributed by atoms with Gasteiger partial charge in [0.25, 0.3) is 5.69 Å². The third kappa shape index (κ3) is 4.54. The lowest BCUT2D eigenvalue weighted by Gasteiger charge is -2.10. The van der Waals surface area contributed by atoms with Gasteiger partial charge in [0.1, 0.15) is 5.75 Å². The van der Waals surface area contributed by atoms with Gasteiger partial charge in [-0.3, -0.25) is 10.1 Å². The molecule has 0 N–H and O–H groups in total. The smallest absolute Gasteiger partial charge is 0.404 e. The Hall–Kier alpha value is -3.41. The third-order valence-electron chi connectivity index (χ3n) is 3.82. The SMILES string of the molecule is Cc1cc(Cn2nnn(-c3ccc(OC(F)(F)F)c(Cl)c3)c2=O)ccc1[N+](=O)[O-]. The predicted molar refractivity (Wildman–Crippen MR) is 94.2 cm³/mol. The lowest BCUT2D eigenvalue weighted by Crippen LogP contribution is -2.25. The number of aryl methyl sites for hydroxylation is 1. The van der Waals surface area contributed by atoms with Crippen molar-refractivity contribution >= 4 is 17.3 Å². The number of hydrogen-bond acceptors (Lipinski definition) is 6. The number of rotatable bonds is 5. The predicted octanol–water partition coefficient (Wildman–Crippen LogP) is 3.25. The fourth-order valence-corrected chi connectivity index (χ4v) is 2.77. The molecule has 3 aromatic rings. The summed E-state index contributed by atoms with van der Waals surface area (Å²) in [7, 11) is 0. The van der Waals surface area contributed by atoms with Crippen molar-refractivity contribution in [1.82, 2.24) is 19.8 Å². The molecule has 0 radical (unpaired) electrons. The number of nitro groups is 1. The Morgan fingerprint density at radius 1 is 1.21 bits per heavy atom. The van der Waals surface area contributed by atoms with Crippen LogP contribution in [0, 0.1) is 17.0 Å². The standard InChI is InChI=1S/C16H11ClF3N5O4/c1-9-6-10(2-4-13(9)25(27)28)8-23-15(26)24(22-21-23)11-3-5-14(12(17)7-11)29-16(18,19)20/h2-7H,8H2,1H3. The van der Waals surface area contributed by atoms with Gasteiger partial charge in [-0.15, -0.1) is 13.2 Å². The highest BCUT2D eigenvalue weighted by molar-refractivity contribution is 6.32. The van der Waals surface area contributed by atoms with Crippen molar-refractivity contribution in [1.29, 1.82) is 0 Å². The maximum atomic E-state index is 12.5. The van der Waals surface area contributed by atoms with E-state index in [0.29, 0.717) is 11.1 Å². The molecule has 29 heavy (non-hydrogen) atoms. The average molecular weight is 430 g/mol. The number of halogens is 4. The van der Waals surface area contributed by atoms with Crippen LogP contribution in [0.4, 0.5) is 18.9 Å². The number of hydrogen-bond donors (Lipinski definition) is 0. The fraction of sp³-hybridized carbons (Fsp3) is 0.188. The minimum absolute atomic E-state index is 0.0132. The molecule has 0 aliphatic rings. The summed E-state index contributed by atoms with van der Waals surface area (Å²) in [5.41, 5.74) is 0.344. The number of benzene rings is 2. The zero-order chi connectivity index (χ0) is 21.3. The van der Waals surface area contributed by atoms with E-state index in [0.717, 1.165) is 21.5 Å². The number of nitro benzene ring substituents is 1. The molecule has 0 spiro atoms. The summed E-state index contributed by atoms with van der Waals surface area (Å²) in [4.78, 5) is 22.9. The summed E-state index contributed by atoms with van der Waals surface area (Å²) in [5, 5.41) is 17.9. The van der Waals surface area contributed by atoms with Gasteiger partial charge >= 0.3 is 12.1 Å². The molecule has 0 aliphatic carbocycles. The number of nitrogens with zero attached hydrogens (tertiary/aromatic N) is 5. The van der Waals surface area contributed by atoms with Crippen LogP contribution in [0.2, 0.25) is 5.02 Å². The van der Waals surface area contributed by atoms with Crippen LogP contribution in [0.1, 0.15) is 11.1 Å². The molecular weight excluding hydrogens is 419 g/mol. The topological polar surface area (TPSA) is 105 Å². The number of ether oxygens (including phenoxy) is 1. The number of aromatic nitrogens is 4. The lowest BCUT2D eigenvalue weighted by atomic mass is 10.1. The molecule has 0 aliphatic heterocycles. The Kier molecular flexibility index (Phi) is 5.29. The molecular formula is C16H11ClF3N5O4. The molecule has 0 saturated heterocycles. The van der Waals surface area contributed by atoms with E-state index in [1.807, 2.05) is 0 Å². The van der Waals surface area contributed by atoms with Crippen LogP contribution >= 0.6 is 11.6 Å². The van der Waals surface area contributed by atoms with Crippen molar-refractivity contribution in [2.45, 2.75) is 19.8 Å². The molecule has 2 aromatic carbocycles. The van der Waals surface area contributed by atoms with Crippen molar-refractivity contribution in [3.05, 3.63) is 73.1 Å². The van der Waals surface area contributed by atoms with Crippen LogP contribution in [0.15, 0.2) is 41.2 Å². The van der Waals surface area contributed by atoms with Crippen molar-refractivity contribution in [3.8, 4) is 11.4 Å². The highest BCUT2D eigenvalue weighted by Gasteiger charge is 2.32. The summed E-state index contributed by atoms with van der Waals surface area (Å²) >= 11 is 5.78. The van der Waals surface area contributed by atoms with Crippen molar-refractivity contribution < 1.29 is 22.8 Å². The second kappa shape index (κ2) is 7.54. The summed E-state index contributed by atoms with van der Waals surface area (Å²) in [5.74, 6) is -0.621. The molecule has 0 saturated carbocycles. The number of alkyl halides is 3. The Morgan fingerprint density at radius 2 is 1.93 bits per heavy atom. The van der Waals surface area contributed by atoms with E-state index in [4.69, 9.17) is 11.6 Å². The normalized spacial score (nSPS) is 11.5. The molecule has 0 amide bonds. The molecule has 0 fully saturated rings. The van der Waals surface area contributed by atoms with E-state index in [9.17, 15) is 28.1 Å². The van der Waals surface area contributed by atoms with Crippen LogP contribution in [-0.4, -0.2) is 31.1 Å². The van der Waals surface area contributed by atoms with E-state index >= 15 is 0 Å². The molecule has 0 unspecified atom stereocenters. The zero-order valence-corrected chi connectivity index (χ0v) is 15.3. The maximum Gasteiger partial charge on any atom is 0.573 e. The van der Waals surface area contributed by atoms with Crippen molar-refractivity contribution in [3.63, 3.8) is 0 Å². The van der Waals surface area contributed by atoms with Crippen LogP contribution in [0.25, 0.3) is 5.69 Å². The van der Waals surface area contributed by atoms with Crippen molar-refractivity contribution in [2.24, 2.45) is 0 Å². The molecule has 0 atom stereocenters. The lowest BCUT2D eigenvalue weighted by molar-refractivity contribution is -0.385. The molecule has 9 nitrogen and oxygen atoms in total. The molecule has 1 heterocycles. The van der Waals surface area contributed by atoms with E-state index in [2.05, 4.69) is 15.2 Å². The monoisotopic (exact) mass is 429 g/mol. The summed E-state index contributed by atoms with van der Waals surface area (Å²) in [6.07, 6.45) is -4.91. The van der Waals surface area contributed by atoms with Gasteiger partial charge in [-0.05, 0) is 47.2 Å². The van der Waals surface area contributed by atoms with E-state index in [1.165, 1.54) is 18.2 Å². The number of tetrazole rings is 1. The van der Waals surface area contributed by atoms with E-state index in [1.54, 1.807) is 13.0 Å². The molecule has 13 heteroatoms. The van der Waals surface area contributed by atoms with Gasteiger partial charge < -0.3 is 4.74 Å². The maximum absolute atomic E-state index is 12.5. The highest BCUT2D eigenvalue weighted by atomic mass is 35.5. The quantitative estimate of drug-likeness (QED) is 0.455. The van der Waals surface area contributed by atoms with Crippen LogP contribution in [-0.2, 0) is 6.54 Å². The van der Waals surface area contributed by atoms with E-state index in [-0.39, 0.29) is 22.9 Å². The Bertz CT molecular complexity index is 1140. The first-order valence-corrected chi connectivity index (χ1v) is 8.25. The second-order valence-corrected chi connectivity index (χ2v) is 6.28. The van der Waals surface area contributed by atoms with Gasteiger partial charge in [-0.25, -0.2) is 4.79 Å². The highest BCUT2D eigenvalue weighted by Crippen LogP contribution is 2.31. The Balaban J connectivity index is 1.86. The van der Waals surface area contributed by atoms with E-state index < -0.39 is 22.7 Å². The summed E-state index contributed by atoms with van der Waals surface area (Å²) in [6.45, 7) is 1.55. The van der Waals surface area contributed by atoms with Gasteiger partial charge in [0.05, 0.1) is 22.2 Å². The first-order chi connectivity index (χ1) is 13.5. The minimum Gasteiger partial charge on any atom is -0.404 e. The Labute approximate surface area is 165 Å². The summed E-state index contributed by atoms with van der Waals surface area (Å²) < 4.78 is 42.6. The molecule has 3 rings (SSSR count). The zero-order valence-electron chi connectivity index (χ0n) is 14.6. The molecule has 0 bridgehead atoms. The largest absolute Gasteiger partial charge is 0.573 e. The first kappa shape index (κ1) is 20.3. The first-order valence-electron chi connectivity index (χ1n) is 7.87. The van der Waals surface area contributed by atoms with Crippen LogP contribution in [0.3, 0.4) is 0 Å². The third-order valence-corrected chi connectivity index (χ3v) is 4.11. The average Bonchev–Trinajstić information content (AvgIpc) is 2.96. The second-order valence-electron chi connectivity index (χ2n) is 5.87. The van der Waals surface area contributed by atoms with Crippen LogP contribution in [0.5, 0.6) is 5.75 Å². The van der Waals surface area contributed by atoms with Gasteiger partial charge in [0.2, 0.25) is 0 Å².